The van der Waals surface area contributed by atoms with Crippen molar-refractivity contribution in [1.29, 1.82) is 0 Å². The van der Waals surface area contributed by atoms with E-state index >= 15 is 0 Å². The van der Waals surface area contributed by atoms with Crippen LogP contribution in [0.1, 0.15) is 66.8 Å². The number of hydrogen-bond donors (Lipinski definition) is 3. The molecule has 2 aromatic carbocycles. The van der Waals surface area contributed by atoms with E-state index in [1.54, 1.807) is 6.07 Å². The summed E-state index contributed by atoms with van der Waals surface area (Å²) >= 11 is 0. The summed E-state index contributed by atoms with van der Waals surface area (Å²) in [5.41, 5.74) is 10.7. The van der Waals surface area contributed by atoms with Gasteiger partial charge in [-0.3, -0.25) is 19.1 Å². The number of primary amides is 1. The highest BCUT2D eigenvalue weighted by molar-refractivity contribution is 6.06. The van der Waals surface area contributed by atoms with Gasteiger partial charge < -0.3 is 25.8 Å². The van der Waals surface area contributed by atoms with E-state index in [-0.39, 0.29) is 29.6 Å². The number of hydrogen-bond acceptors (Lipinski definition) is 7. The van der Waals surface area contributed by atoms with Crippen LogP contribution in [0.2, 0.25) is 0 Å². The van der Waals surface area contributed by atoms with Crippen LogP contribution < -0.4 is 16.4 Å². The van der Waals surface area contributed by atoms with Gasteiger partial charge in [-0.2, -0.15) is 0 Å². The van der Waals surface area contributed by atoms with E-state index in [9.17, 15) is 14.4 Å². The standard InChI is InChI=1S/C34H43N5O5/c1-34(2)20-29-31(26-5-3-4-6-28(26)39(29)30(40)21-34)22-7-12-25(32(35)41)27(19-22)37-23-8-10-24(11-9-23)44-33(42)36-13-14-38-15-17-43-18-16-38/h3-7,12,19,23-24,37H,8-11,13-18,20-21H2,1-2H3,(H2,35,41)(H,36,42). The second-order valence-electron chi connectivity index (χ2n) is 13.1. The summed E-state index contributed by atoms with van der Waals surface area (Å²) < 4.78 is 13.0. The number of fused-ring (bicyclic) bond motifs is 3. The molecule has 0 atom stereocenters. The molecule has 3 heterocycles. The van der Waals surface area contributed by atoms with E-state index in [1.807, 2.05) is 34.9 Å². The number of carbonyl (C=O) groups is 3. The molecule has 0 unspecified atom stereocenters. The molecule has 0 spiro atoms. The largest absolute Gasteiger partial charge is 0.446 e. The van der Waals surface area contributed by atoms with Crippen molar-refractivity contribution in [3.05, 3.63) is 53.7 Å². The molecule has 6 rings (SSSR count). The Morgan fingerprint density at radius 1 is 1.05 bits per heavy atom. The molecule has 3 aromatic rings. The zero-order valence-corrected chi connectivity index (χ0v) is 25.7. The monoisotopic (exact) mass is 601 g/mol. The first kappa shape index (κ1) is 30.1. The molecule has 10 nitrogen and oxygen atoms in total. The van der Waals surface area contributed by atoms with Gasteiger partial charge in [-0.1, -0.05) is 38.1 Å². The highest BCUT2D eigenvalue weighted by Gasteiger charge is 2.35. The maximum atomic E-state index is 13.3. The number of nitrogens with one attached hydrogen (secondary N) is 2. The molecule has 4 N–H and O–H groups in total. The van der Waals surface area contributed by atoms with Gasteiger partial charge in [0.25, 0.3) is 5.91 Å². The second-order valence-corrected chi connectivity index (χ2v) is 13.1. The first-order chi connectivity index (χ1) is 21.2. The number of rotatable bonds is 8. The molecule has 234 valence electrons. The van der Waals surface area contributed by atoms with Crippen molar-refractivity contribution in [3.63, 3.8) is 0 Å². The molecule has 2 amide bonds. The number of amides is 2. The lowest BCUT2D eigenvalue weighted by molar-refractivity contribution is 0.0372. The minimum absolute atomic E-state index is 0.104. The van der Waals surface area contributed by atoms with Gasteiger partial charge in [0.15, 0.2) is 0 Å². The predicted octanol–water partition coefficient (Wildman–Crippen LogP) is 4.80. The third-order valence-electron chi connectivity index (χ3n) is 9.18. The fourth-order valence-electron chi connectivity index (χ4n) is 6.98. The van der Waals surface area contributed by atoms with Crippen LogP contribution >= 0.6 is 0 Å². The molecule has 44 heavy (non-hydrogen) atoms. The fraction of sp³-hybridized carbons (Fsp3) is 0.500. The van der Waals surface area contributed by atoms with Crippen molar-refractivity contribution in [2.24, 2.45) is 11.1 Å². The Morgan fingerprint density at radius 2 is 1.80 bits per heavy atom. The van der Waals surface area contributed by atoms with Gasteiger partial charge in [0.2, 0.25) is 5.91 Å². The van der Waals surface area contributed by atoms with Crippen LogP contribution in [-0.2, 0) is 15.9 Å². The fourth-order valence-corrected chi connectivity index (χ4v) is 6.98. The van der Waals surface area contributed by atoms with Gasteiger partial charge in [0.1, 0.15) is 6.10 Å². The van der Waals surface area contributed by atoms with Crippen molar-refractivity contribution < 1.29 is 23.9 Å². The van der Waals surface area contributed by atoms with E-state index < -0.39 is 5.91 Å². The summed E-state index contributed by atoms with van der Waals surface area (Å²) in [5, 5.41) is 7.48. The lowest BCUT2D eigenvalue weighted by Gasteiger charge is -2.31. The van der Waals surface area contributed by atoms with Gasteiger partial charge in [0, 0.05) is 61.0 Å². The predicted molar refractivity (Wildman–Crippen MR) is 170 cm³/mol. The summed E-state index contributed by atoms with van der Waals surface area (Å²) in [5.74, 6) is -0.388. The van der Waals surface area contributed by atoms with Crippen LogP contribution in [0.5, 0.6) is 0 Å². The third kappa shape index (κ3) is 6.46. The van der Waals surface area contributed by atoms with Crippen molar-refractivity contribution in [2.75, 3.05) is 44.7 Å². The summed E-state index contributed by atoms with van der Waals surface area (Å²) in [6.45, 7) is 8.84. The van der Waals surface area contributed by atoms with Crippen LogP contribution in [0.4, 0.5) is 10.5 Å². The summed E-state index contributed by atoms with van der Waals surface area (Å²) in [6.07, 6.45) is 3.80. The van der Waals surface area contributed by atoms with E-state index in [4.69, 9.17) is 15.2 Å². The Labute approximate surface area is 258 Å². The number of nitrogens with zero attached hydrogens (tertiary/aromatic N) is 2. The molecule has 2 aliphatic heterocycles. The average molecular weight is 602 g/mol. The SMILES string of the molecule is CC1(C)CC(=O)n2c(c(-c3ccc(C(N)=O)c(NC4CCC(OC(=O)NCCN5CCOCC5)CC4)c3)c3ccccc32)C1. The number of aromatic nitrogens is 1. The van der Waals surface area contributed by atoms with Crippen LogP contribution in [0, 0.1) is 5.41 Å². The van der Waals surface area contributed by atoms with Gasteiger partial charge in [-0.05, 0) is 61.3 Å². The highest BCUT2D eigenvalue weighted by Crippen LogP contribution is 2.43. The highest BCUT2D eigenvalue weighted by atomic mass is 16.6. The molecule has 10 heteroatoms. The summed E-state index contributed by atoms with van der Waals surface area (Å²) in [7, 11) is 0. The topological polar surface area (TPSA) is 128 Å². The molecule has 1 saturated carbocycles. The smallest absolute Gasteiger partial charge is 0.407 e. The zero-order valence-electron chi connectivity index (χ0n) is 25.7. The third-order valence-corrected chi connectivity index (χ3v) is 9.18. The summed E-state index contributed by atoms with van der Waals surface area (Å²) in [6, 6.07) is 13.8. The van der Waals surface area contributed by atoms with Crippen molar-refractivity contribution in [1.82, 2.24) is 14.8 Å². The van der Waals surface area contributed by atoms with Gasteiger partial charge >= 0.3 is 6.09 Å². The first-order valence-electron chi connectivity index (χ1n) is 15.8. The number of morpholine rings is 1. The molecule has 1 aliphatic carbocycles. The Morgan fingerprint density at radius 3 is 2.55 bits per heavy atom. The lowest BCUT2D eigenvalue weighted by atomic mass is 9.80. The normalized spacial score (nSPS) is 21.9. The molecule has 0 bridgehead atoms. The Balaban J connectivity index is 1.15. The van der Waals surface area contributed by atoms with Gasteiger partial charge in [-0.25, -0.2) is 4.79 Å². The van der Waals surface area contributed by atoms with E-state index in [0.29, 0.717) is 24.2 Å². The Hall–Kier alpha value is -3.89. The molecular weight excluding hydrogens is 558 g/mol. The minimum atomic E-state index is -0.495. The van der Waals surface area contributed by atoms with E-state index in [2.05, 4.69) is 35.4 Å². The van der Waals surface area contributed by atoms with E-state index in [1.165, 1.54) is 0 Å². The zero-order chi connectivity index (χ0) is 30.8. The molecular formula is C34H43N5O5. The maximum absolute atomic E-state index is 13.3. The number of alkyl carbamates (subject to hydrolysis) is 1. The second kappa shape index (κ2) is 12.6. The maximum Gasteiger partial charge on any atom is 0.407 e. The summed E-state index contributed by atoms with van der Waals surface area (Å²) in [4.78, 5) is 40.4. The molecule has 0 radical (unpaired) electrons. The van der Waals surface area contributed by atoms with Gasteiger partial charge in [-0.15, -0.1) is 0 Å². The number of para-hydroxylation sites is 1. The van der Waals surface area contributed by atoms with Crippen molar-refractivity contribution >= 4 is 34.5 Å². The first-order valence-corrected chi connectivity index (χ1v) is 15.8. The number of anilines is 1. The molecule has 1 saturated heterocycles. The number of nitrogens with two attached hydrogens (primary N) is 1. The Kier molecular flexibility index (Phi) is 8.64. The van der Waals surface area contributed by atoms with Crippen LogP contribution in [-0.4, -0.2) is 78.9 Å². The Bertz CT molecular complexity index is 1550. The molecule has 1 aromatic heterocycles. The van der Waals surface area contributed by atoms with Crippen LogP contribution in [0.3, 0.4) is 0 Å². The molecule has 2 fully saturated rings. The van der Waals surface area contributed by atoms with Crippen molar-refractivity contribution in [3.8, 4) is 11.1 Å². The molecule has 3 aliphatic rings. The minimum Gasteiger partial charge on any atom is -0.446 e. The average Bonchev–Trinajstić information content (AvgIpc) is 3.32. The van der Waals surface area contributed by atoms with Crippen molar-refractivity contribution in [2.45, 2.75) is 64.5 Å². The van der Waals surface area contributed by atoms with Crippen LogP contribution in [0.15, 0.2) is 42.5 Å². The van der Waals surface area contributed by atoms with Crippen LogP contribution in [0.25, 0.3) is 22.0 Å². The number of ether oxygens (including phenoxy) is 2. The number of benzene rings is 2. The van der Waals surface area contributed by atoms with Gasteiger partial charge in [0.05, 0.1) is 24.3 Å². The quantitative estimate of drug-likeness (QED) is 0.338. The lowest BCUT2D eigenvalue weighted by Crippen LogP contribution is -2.42. The number of carbonyl (C=O) groups excluding carboxylic acids is 3. The van der Waals surface area contributed by atoms with E-state index in [0.717, 1.165) is 92.7 Å².